The van der Waals surface area contributed by atoms with E-state index in [1.54, 1.807) is 42.5 Å². The third-order valence-corrected chi connectivity index (χ3v) is 4.17. The first-order chi connectivity index (χ1) is 14.9. The lowest BCUT2D eigenvalue weighted by atomic mass is 10.2. The Kier molecular flexibility index (Phi) is 7.01. The first-order valence-corrected chi connectivity index (χ1v) is 9.63. The number of hydrogen-bond acceptors (Lipinski definition) is 5. The average molecular weight is 418 g/mol. The Morgan fingerprint density at radius 2 is 1.45 bits per heavy atom. The minimum atomic E-state index is -1.02. The molecule has 0 heterocycles. The number of nitrogens with one attached hydrogen (secondary N) is 2. The molecule has 0 saturated carbocycles. The highest BCUT2D eigenvalue weighted by atomic mass is 16.5. The normalized spacial score (nSPS) is 11.2. The zero-order valence-electron chi connectivity index (χ0n) is 17.1. The van der Waals surface area contributed by atoms with Crippen molar-refractivity contribution in [1.29, 1.82) is 0 Å². The molecule has 3 rings (SSSR count). The van der Waals surface area contributed by atoms with Crippen molar-refractivity contribution < 1.29 is 23.9 Å². The van der Waals surface area contributed by atoms with Crippen molar-refractivity contribution in [3.63, 3.8) is 0 Å². The lowest BCUT2D eigenvalue weighted by molar-refractivity contribution is -0.123. The van der Waals surface area contributed by atoms with Crippen molar-refractivity contribution in [1.82, 2.24) is 0 Å². The van der Waals surface area contributed by atoms with E-state index >= 15 is 0 Å². The van der Waals surface area contributed by atoms with E-state index < -0.39 is 18.0 Å². The molecule has 2 amide bonds. The number of carbonyl (C=O) groups is 3. The highest BCUT2D eigenvalue weighted by molar-refractivity contribution is 5.98. The zero-order chi connectivity index (χ0) is 22.2. The van der Waals surface area contributed by atoms with Crippen molar-refractivity contribution in [2.75, 3.05) is 10.6 Å². The molecule has 3 aromatic carbocycles. The maximum absolute atomic E-state index is 12.4. The number of rotatable bonds is 7. The summed E-state index contributed by atoms with van der Waals surface area (Å²) in [6.07, 6.45) is -1.02. The van der Waals surface area contributed by atoms with E-state index in [-0.39, 0.29) is 11.5 Å². The molecule has 2 N–H and O–H groups in total. The van der Waals surface area contributed by atoms with Crippen LogP contribution in [0, 0.1) is 0 Å². The summed E-state index contributed by atoms with van der Waals surface area (Å²) in [5, 5.41) is 5.29. The monoisotopic (exact) mass is 418 g/mol. The van der Waals surface area contributed by atoms with Crippen LogP contribution in [0.25, 0.3) is 0 Å². The van der Waals surface area contributed by atoms with Crippen LogP contribution in [0.4, 0.5) is 11.4 Å². The smallest absolute Gasteiger partial charge is 0.338 e. The van der Waals surface area contributed by atoms with Crippen molar-refractivity contribution in [3.05, 3.63) is 84.4 Å². The van der Waals surface area contributed by atoms with Gasteiger partial charge in [-0.05, 0) is 61.5 Å². The molecule has 158 valence electrons. The van der Waals surface area contributed by atoms with Gasteiger partial charge in [-0.1, -0.05) is 24.3 Å². The van der Waals surface area contributed by atoms with Gasteiger partial charge in [-0.25, -0.2) is 4.79 Å². The predicted molar refractivity (Wildman–Crippen MR) is 117 cm³/mol. The van der Waals surface area contributed by atoms with Crippen LogP contribution in [-0.4, -0.2) is 23.9 Å². The number of esters is 1. The largest absolute Gasteiger partial charge is 0.457 e. The first kappa shape index (κ1) is 21.6. The number of benzene rings is 3. The summed E-state index contributed by atoms with van der Waals surface area (Å²) in [5.74, 6) is -0.0480. The van der Waals surface area contributed by atoms with Crippen LogP contribution in [0.1, 0.15) is 24.2 Å². The molecule has 0 radical (unpaired) electrons. The summed E-state index contributed by atoms with van der Waals surface area (Å²) >= 11 is 0. The first-order valence-electron chi connectivity index (χ1n) is 9.63. The van der Waals surface area contributed by atoms with Gasteiger partial charge in [-0.15, -0.1) is 0 Å². The van der Waals surface area contributed by atoms with Gasteiger partial charge in [0.25, 0.3) is 5.91 Å². The van der Waals surface area contributed by atoms with Crippen LogP contribution in [0.2, 0.25) is 0 Å². The molecular weight excluding hydrogens is 396 g/mol. The van der Waals surface area contributed by atoms with Gasteiger partial charge in [0.2, 0.25) is 5.91 Å². The maximum atomic E-state index is 12.4. The molecule has 7 nitrogen and oxygen atoms in total. The molecule has 0 aliphatic heterocycles. The van der Waals surface area contributed by atoms with E-state index in [0.717, 1.165) is 0 Å². The Morgan fingerprint density at radius 3 is 2.13 bits per heavy atom. The molecule has 1 atom stereocenters. The van der Waals surface area contributed by atoms with Crippen molar-refractivity contribution in [2.24, 2.45) is 0 Å². The molecule has 0 aliphatic carbocycles. The molecule has 0 aliphatic rings. The van der Waals surface area contributed by atoms with Crippen molar-refractivity contribution in [3.8, 4) is 11.5 Å². The number of carbonyl (C=O) groups excluding carboxylic acids is 3. The lowest BCUT2D eigenvalue weighted by Gasteiger charge is -2.14. The Morgan fingerprint density at radius 1 is 0.774 bits per heavy atom. The van der Waals surface area contributed by atoms with Gasteiger partial charge in [0, 0.05) is 18.3 Å². The Labute approximate surface area is 180 Å². The highest BCUT2D eigenvalue weighted by Crippen LogP contribution is 2.22. The third kappa shape index (κ3) is 6.43. The van der Waals surface area contributed by atoms with Crippen LogP contribution in [-0.2, 0) is 14.3 Å². The number of ether oxygens (including phenoxy) is 2. The number of anilines is 2. The van der Waals surface area contributed by atoms with Gasteiger partial charge in [0.15, 0.2) is 6.10 Å². The number of para-hydroxylation sites is 1. The minimum Gasteiger partial charge on any atom is -0.457 e. The van der Waals surface area contributed by atoms with Gasteiger partial charge in [-0.3, -0.25) is 9.59 Å². The van der Waals surface area contributed by atoms with E-state index in [4.69, 9.17) is 9.47 Å². The van der Waals surface area contributed by atoms with Crippen LogP contribution < -0.4 is 15.4 Å². The summed E-state index contributed by atoms with van der Waals surface area (Å²) < 4.78 is 11.0. The zero-order valence-corrected chi connectivity index (χ0v) is 17.1. The van der Waals surface area contributed by atoms with Crippen LogP contribution in [0.5, 0.6) is 11.5 Å². The fourth-order valence-corrected chi connectivity index (χ4v) is 2.68. The fourth-order valence-electron chi connectivity index (χ4n) is 2.68. The standard InChI is InChI=1S/C24H22N2O5/c1-16(30-24(29)18-7-6-8-20(15-18)25-17(2)27)23(28)26-19-11-13-22(14-12-19)31-21-9-4-3-5-10-21/h3-16H,1-2H3,(H,25,27)(H,26,28). The van der Waals surface area contributed by atoms with Gasteiger partial charge < -0.3 is 20.1 Å². The number of amides is 2. The molecule has 7 heteroatoms. The fraction of sp³-hybridized carbons (Fsp3) is 0.125. The second-order valence-electron chi connectivity index (χ2n) is 6.74. The quantitative estimate of drug-likeness (QED) is 0.546. The van der Waals surface area contributed by atoms with E-state index in [1.807, 2.05) is 30.3 Å². The molecule has 0 aromatic heterocycles. The van der Waals surface area contributed by atoms with Crippen LogP contribution in [0.15, 0.2) is 78.9 Å². The number of hydrogen-bond donors (Lipinski definition) is 2. The molecular formula is C24H22N2O5. The second-order valence-corrected chi connectivity index (χ2v) is 6.74. The SMILES string of the molecule is CC(=O)Nc1cccc(C(=O)OC(C)C(=O)Nc2ccc(Oc3ccccc3)cc2)c1. The van der Waals surface area contributed by atoms with Gasteiger partial charge >= 0.3 is 5.97 Å². The Hall–Kier alpha value is -4.13. The molecule has 3 aromatic rings. The Bertz CT molecular complexity index is 1060. The molecule has 0 fully saturated rings. The molecule has 0 spiro atoms. The maximum Gasteiger partial charge on any atom is 0.338 e. The highest BCUT2D eigenvalue weighted by Gasteiger charge is 2.19. The topological polar surface area (TPSA) is 93.7 Å². The third-order valence-electron chi connectivity index (χ3n) is 4.17. The summed E-state index contributed by atoms with van der Waals surface area (Å²) in [6.45, 7) is 2.86. The average Bonchev–Trinajstić information content (AvgIpc) is 2.75. The molecule has 1 unspecified atom stereocenters. The second kappa shape index (κ2) is 10.1. The van der Waals surface area contributed by atoms with Gasteiger partial charge in [0.1, 0.15) is 11.5 Å². The summed E-state index contributed by atoms with van der Waals surface area (Å²) in [4.78, 5) is 35.9. The van der Waals surface area contributed by atoms with Gasteiger partial charge in [-0.2, -0.15) is 0 Å². The summed E-state index contributed by atoms with van der Waals surface area (Å²) in [7, 11) is 0. The van der Waals surface area contributed by atoms with Crippen molar-refractivity contribution >= 4 is 29.2 Å². The Balaban J connectivity index is 1.55. The molecule has 0 bridgehead atoms. The minimum absolute atomic E-state index is 0.230. The lowest BCUT2D eigenvalue weighted by Crippen LogP contribution is -2.30. The van der Waals surface area contributed by atoms with Gasteiger partial charge in [0.05, 0.1) is 5.56 Å². The summed E-state index contributed by atoms with van der Waals surface area (Å²) in [6, 6.07) is 22.5. The van der Waals surface area contributed by atoms with E-state index in [2.05, 4.69) is 10.6 Å². The van der Waals surface area contributed by atoms with E-state index in [1.165, 1.54) is 19.9 Å². The van der Waals surface area contributed by atoms with Crippen LogP contribution >= 0.6 is 0 Å². The molecule has 31 heavy (non-hydrogen) atoms. The molecule has 0 saturated heterocycles. The van der Waals surface area contributed by atoms with E-state index in [0.29, 0.717) is 22.9 Å². The van der Waals surface area contributed by atoms with E-state index in [9.17, 15) is 14.4 Å². The summed E-state index contributed by atoms with van der Waals surface area (Å²) in [5.41, 5.74) is 1.24. The van der Waals surface area contributed by atoms with Crippen molar-refractivity contribution in [2.45, 2.75) is 20.0 Å². The van der Waals surface area contributed by atoms with Crippen LogP contribution in [0.3, 0.4) is 0 Å². The predicted octanol–water partition coefficient (Wildman–Crippen LogP) is 4.62.